The lowest BCUT2D eigenvalue weighted by Crippen LogP contribution is -2.38. The van der Waals surface area contributed by atoms with E-state index in [1.807, 2.05) is 0 Å². The number of hydrogen-bond donors (Lipinski definition) is 0. The molecule has 0 aromatic heterocycles. The molecular weight excluding hydrogens is 238 g/mol. The first-order valence-corrected chi connectivity index (χ1v) is 5.62. The minimum absolute atomic E-state index is 0.158. The monoisotopic (exact) mass is 255 g/mol. The van der Waals surface area contributed by atoms with Crippen molar-refractivity contribution in [1.29, 1.82) is 0 Å². The molecule has 1 aromatic rings. The van der Waals surface area contributed by atoms with Gasteiger partial charge in [0.15, 0.2) is 0 Å². The second-order valence-corrected chi connectivity index (χ2v) is 5.47. The molecule has 78 valence electrons. The fraction of sp³-hybridized carbons (Fsp3) is 0.500. The van der Waals surface area contributed by atoms with E-state index in [1.165, 1.54) is 15.7 Å². The van der Waals surface area contributed by atoms with Gasteiger partial charge in [0.05, 0.1) is 0 Å². The van der Waals surface area contributed by atoms with Crippen LogP contribution in [0.5, 0.6) is 0 Å². The molecule has 0 atom stereocenters. The Kier molecular flexibility index (Phi) is 3.25. The Hall–Kier alpha value is -0.500. The number of halogens is 1. The van der Waals surface area contributed by atoms with Gasteiger partial charge in [-0.25, -0.2) is 0 Å². The second-order valence-electron chi connectivity index (χ2n) is 4.61. The van der Waals surface area contributed by atoms with E-state index in [4.69, 9.17) is 0 Å². The van der Waals surface area contributed by atoms with Gasteiger partial charge in [-0.3, -0.25) is 0 Å². The molecule has 0 unspecified atom stereocenters. The maximum absolute atomic E-state index is 3.55. The van der Waals surface area contributed by atoms with Crippen LogP contribution < -0.4 is 4.90 Å². The van der Waals surface area contributed by atoms with Crippen LogP contribution in [0.4, 0.5) is 5.69 Å². The van der Waals surface area contributed by atoms with E-state index in [-0.39, 0.29) is 5.54 Å². The van der Waals surface area contributed by atoms with Crippen LogP contribution in [-0.4, -0.2) is 12.6 Å². The molecule has 0 saturated carbocycles. The SMILES string of the molecule is Cc1c(Br)cccc1N(C)C(C)(C)C. The van der Waals surface area contributed by atoms with Crippen molar-refractivity contribution in [2.45, 2.75) is 33.2 Å². The van der Waals surface area contributed by atoms with Gasteiger partial charge in [-0.05, 0) is 45.4 Å². The molecule has 1 nitrogen and oxygen atoms in total. The number of rotatable bonds is 1. The van der Waals surface area contributed by atoms with Crippen molar-refractivity contribution in [2.75, 3.05) is 11.9 Å². The minimum Gasteiger partial charge on any atom is -0.370 e. The Morgan fingerprint density at radius 2 is 1.79 bits per heavy atom. The van der Waals surface area contributed by atoms with Gasteiger partial charge >= 0.3 is 0 Å². The van der Waals surface area contributed by atoms with E-state index < -0.39 is 0 Å². The summed E-state index contributed by atoms with van der Waals surface area (Å²) in [6.45, 7) is 8.79. The molecule has 0 aliphatic carbocycles. The Balaban J connectivity index is 3.14. The van der Waals surface area contributed by atoms with Gasteiger partial charge in [0.2, 0.25) is 0 Å². The summed E-state index contributed by atoms with van der Waals surface area (Å²) in [4.78, 5) is 2.30. The number of benzene rings is 1. The zero-order valence-electron chi connectivity index (χ0n) is 9.56. The van der Waals surface area contributed by atoms with Crippen LogP contribution in [0.3, 0.4) is 0 Å². The van der Waals surface area contributed by atoms with E-state index in [0.29, 0.717) is 0 Å². The van der Waals surface area contributed by atoms with Crippen LogP contribution in [0, 0.1) is 6.92 Å². The molecular formula is C12H18BrN. The first kappa shape index (κ1) is 11.6. The summed E-state index contributed by atoms with van der Waals surface area (Å²) in [5, 5.41) is 0. The van der Waals surface area contributed by atoms with Gasteiger partial charge in [-0.2, -0.15) is 0 Å². The highest BCUT2D eigenvalue weighted by molar-refractivity contribution is 9.10. The van der Waals surface area contributed by atoms with E-state index in [1.54, 1.807) is 0 Å². The zero-order chi connectivity index (χ0) is 10.9. The maximum Gasteiger partial charge on any atom is 0.0409 e. The molecule has 0 heterocycles. The average molecular weight is 256 g/mol. The van der Waals surface area contributed by atoms with Crippen molar-refractivity contribution in [3.8, 4) is 0 Å². The van der Waals surface area contributed by atoms with Crippen LogP contribution in [0.25, 0.3) is 0 Å². The first-order chi connectivity index (χ1) is 6.34. The second kappa shape index (κ2) is 3.93. The van der Waals surface area contributed by atoms with Crippen LogP contribution in [0.1, 0.15) is 26.3 Å². The van der Waals surface area contributed by atoms with Crippen molar-refractivity contribution in [3.05, 3.63) is 28.2 Å². The average Bonchev–Trinajstić information content (AvgIpc) is 2.07. The van der Waals surface area contributed by atoms with E-state index in [9.17, 15) is 0 Å². The van der Waals surface area contributed by atoms with E-state index in [2.05, 4.69) is 73.8 Å². The molecule has 0 saturated heterocycles. The largest absolute Gasteiger partial charge is 0.370 e. The van der Waals surface area contributed by atoms with Crippen molar-refractivity contribution >= 4 is 21.6 Å². The van der Waals surface area contributed by atoms with Crippen LogP contribution in [0.15, 0.2) is 22.7 Å². The van der Waals surface area contributed by atoms with Crippen LogP contribution in [0.2, 0.25) is 0 Å². The predicted octanol–water partition coefficient (Wildman–Crippen LogP) is 3.99. The molecule has 0 radical (unpaired) electrons. The highest BCUT2D eigenvalue weighted by Gasteiger charge is 2.19. The summed E-state index contributed by atoms with van der Waals surface area (Å²) in [5.41, 5.74) is 2.74. The number of hydrogen-bond acceptors (Lipinski definition) is 1. The normalized spacial score (nSPS) is 11.6. The van der Waals surface area contributed by atoms with Gasteiger partial charge in [-0.15, -0.1) is 0 Å². The molecule has 0 bridgehead atoms. The zero-order valence-corrected chi connectivity index (χ0v) is 11.1. The number of anilines is 1. The first-order valence-electron chi connectivity index (χ1n) is 4.83. The summed E-state index contributed by atoms with van der Waals surface area (Å²) < 4.78 is 1.17. The van der Waals surface area contributed by atoms with E-state index >= 15 is 0 Å². The lowest BCUT2D eigenvalue weighted by atomic mass is 10.0. The van der Waals surface area contributed by atoms with Crippen LogP contribution >= 0.6 is 15.9 Å². The molecule has 1 aromatic carbocycles. The third-order valence-electron chi connectivity index (χ3n) is 2.61. The molecule has 2 heteroatoms. The molecule has 0 aliphatic heterocycles. The lowest BCUT2D eigenvalue weighted by molar-refractivity contribution is 0.538. The molecule has 0 N–H and O–H groups in total. The predicted molar refractivity (Wildman–Crippen MR) is 67.0 cm³/mol. The lowest BCUT2D eigenvalue weighted by Gasteiger charge is -2.35. The van der Waals surface area contributed by atoms with Gasteiger partial charge < -0.3 is 4.90 Å². The van der Waals surface area contributed by atoms with Crippen molar-refractivity contribution in [2.24, 2.45) is 0 Å². The molecule has 0 fully saturated rings. The standard InChI is InChI=1S/C12H18BrN/c1-9-10(13)7-6-8-11(9)14(5)12(2,3)4/h6-8H,1-5H3. The summed E-state index contributed by atoms with van der Waals surface area (Å²) in [5.74, 6) is 0. The summed E-state index contributed by atoms with van der Waals surface area (Å²) in [6.07, 6.45) is 0. The molecule has 0 aliphatic rings. The summed E-state index contributed by atoms with van der Waals surface area (Å²) >= 11 is 3.55. The molecule has 0 spiro atoms. The van der Waals surface area contributed by atoms with Crippen molar-refractivity contribution in [1.82, 2.24) is 0 Å². The quantitative estimate of drug-likeness (QED) is 0.734. The van der Waals surface area contributed by atoms with Gasteiger partial charge in [0, 0.05) is 22.7 Å². The highest BCUT2D eigenvalue weighted by atomic mass is 79.9. The Morgan fingerprint density at radius 3 is 2.29 bits per heavy atom. The summed E-state index contributed by atoms with van der Waals surface area (Å²) in [6, 6.07) is 6.31. The minimum atomic E-state index is 0.158. The smallest absolute Gasteiger partial charge is 0.0409 e. The fourth-order valence-corrected chi connectivity index (χ4v) is 1.68. The highest BCUT2D eigenvalue weighted by Crippen LogP contribution is 2.29. The topological polar surface area (TPSA) is 3.24 Å². The third kappa shape index (κ3) is 2.30. The van der Waals surface area contributed by atoms with Crippen LogP contribution in [-0.2, 0) is 0 Å². The third-order valence-corrected chi connectivity index (χ3v) is 3.47. The van der Waals surface area contributed by atoms with Crippen molar-refractivity contribution < 1.29 is 0 Å². The number of nitrogens with zero attached hydrogens (tertiary/aromatic N) is 1. The Labute approximate surface area is 95.2 Å². The van der Waals surface area contributed by atoms with Gasteiger partial charge in [-0.1, -0.05) is 22.0 Å². The molecule has 1 rings (SSSR count). The van der Waals surface area contributed by atoms with Crippen molar-refractivity contribution in [3.63, 3.8) is 0 Å². The van der Waals surface area contributed by atoms with Gasteiger partial charge in [0.1, 0.15) is 0 Å². The Bertz CT molecular complexity index is 326. The Morgan fingerprint density at radius 1 is 1.21 bits per heavy atom. The molecule has 14 heavy (non-hydrogen) atoms. The van der Waals surface area contributed by atoms with E-state index in [0.717, 1.165) is 0 Å². The summed E-state index contributed by atoms with van der Waals surface area (Å²) in [7, 11) is 2.13. The molecule has 0 amide bonds. The maximum atomic E-state index is 3.55. The van der Waals surface area contributed by atoms with Gasteiger partial charge in [0.25, 0.3) is 0 Å². The fourth-order valence-electron chi connectivity index (χ4n) is 1.32.